The zero-order valence-electron chi connectivity index (χ0n) is 15.3. The van der Waals surface area contributed by atoms with Gasteiger partial charge in [0.15, 0.2) is 0 Å². The fraction of sp³-hybridized carbons (Fsp3) is 0.130. The van der Waals surface area contributed by atoms with Crippen molar-refractivity contribution in [3.8, 4) is 0 Å². The maximum Gasteiger partial charge on any atom is 0.255 e. The summed E-state index contributed by atoms with van der Waals surface area (Å²) < 4.78 is 0. The van der Waals surface area contributed by atoms with E-state index in [0.29, 0.717) is 18.5 Å². The number of carbonyl (C=O) groups is 2. The molecule has 0 aliphatic rings. The summed E-state index contributed by atoms with van der Waals surface area (Å²) in [5.41, 5.74) is 3.07. The molecule has 0 radical (unpaired) electrons. The molecule has 0 saturated heterocycles. The fourth-order valence-corrected chi connectivity index (χ4v) is 2.84. The summed E-state index contributed by atoms with van der Waals surface area (Å²) in [5, 5.41) is 2.88. The number of hydrogen-bond donors (Lipinski definition) is 1. The summed E-state index contributed by atoms with van der Waals surface area (Å²) in [6.45, 7) is 2.27. The van der Waals surface area contributed by atoms with Gasteiger partial charge in [-0.15, -0.1) is 0 Å². The van der Waals surface area contributed by atoms with Crippen LogP contribution >= 0.6 is 0 Å². The lowest BCUT2D eigenvalue weighted by molar-refractivity contribution is -0.118. The largest absolute Gasteiger partial charge is 0.322 e. The molecule has 1 N–H and O–H groups in total. The second-order valence-corrected chi connectivity index (χ2v) is 6.19. The summed E-state index contributed by atoms with van der Waals surface area (Å²) >= 11 is 0. The maximum atomic E-state index is 12.5. The molecule has 136 valence electrons. The van der Waals surface area contributed by atoms with E-state index in [0.717, 1.165) is 16.9 Å². The van der Waals surface area contributed by atoms with E-state index in [9.17, 15) is 9.59 Å². The minimum absolute atomic E-state index is 0.0420. The lowest BCUT2D eigenvalue weighted by Crippen LogP contribution is -2.29. The minimum Gasteiger partial charge on any atom is -0.322 e. The van der Waals surface area contributed by atoms with Crippen molar-refractivity contribution >= 4 is 23.2 Å². The minimum atomic E-state index is -0.170. The number of amides is 2. The molecule has 4 nitrogen and oxygen atoms in total. The van der Waals surface area contributed by atoms with Crippen LogP contribution in [0.5, 0.6) is 0 Å². The number of nitrogens with zero attached hydrogens (tertiary/aromatic N) is 1. The Kier molecular flexibility index (Phi) is 6.00. The predicted molar refractivity (Wildman–Crippen MR) is 109 cm³/mol. The number of anilines is 2. The molecule has 3 aromatic carbocycles. The molecule has 0 fully saturated rings. The number of benzene rings is 3. The normalized spacial score (nSPS) is 10.3. The summed E-state index contributed by atoms with van der Waals surface area (Å²) in [6, 6.07) is 26.3. The van der Waals surface area contributed by atoms with Crippen molar-refractivity contribution in [3.05, 3.63) is 96.1 Å². The highest BCUT2D eigenvalue weighted by Crippen LogP contribution is 2.19. The zero-order chi connectivity index (χ0) is 19.1. The molecule has 0 aliphatic carbocycles. The van der Waals surface area contributed by atoms with Gasteiger partial charge < -0.3 is 10.2 Å². The molecule has 0 unspecified atom stereocenters. The van der Waals surface area contributed by atoms with E-state index in [1.165, 1.54) is 0 Å². The van der Waals surface area contributed by atoms with Crippen LogP contribution in [0, 0.1) is 0 Å². The van der Waals surface area contributed by atoms with Crippen LogP contribution < -0.4 is 10.2 Å². The smallest absolute Gasteiger partial charge is 0.255 e. The molecule has 3 aromatic rings. The van der Waals surface area contributed by atoms with Gasteiger partial charge in [-0.25, -0.2) is 0 Å². The molecule has 2 amide bonds. The third kappa shape index (κ3) is 4.82. The van der Waals surface area contributed by atoms with Gasteiger partial charge in [0.05, 0.1) is 6.54 Å². The molecular weight excluding hydrogens is 336 g/mol. The van der Waals surface area contributed by atoms with Crippen LogP contribution in [-0.4, -0.2) is 11.8 Å². The highest BCUT2D eigenvalue weighted by atomic mass is 16.2. The van der Waals surface area contributed by atoms with Crippen molar-refractivity contribution in [1.29, 1.82) is 0 Å². The van der Waals surface area contributed by atoms with E-state index in [2.05, 4.69) is 5.32 Å². The zero-order valence-corrected chi connectivity index (χ0v) is 15.3. The average molecular weight is 358 g/mol. The van der Waals surface area contributed by atoms with Crippen molar-refractivity contribution in [2.75, 3.05) is 10.2 Å². The second-order valence-electron chi connectivity index (χ2n) is 6.19. The summed E-state index contributed by atoms with van der Waals surface area (Å²) in [5.74, 6) is -0.128. The Morgan fingerprint density at radius 1 is 0.852 bits per heavy atom. The van der Waals surface area contributed by atoms with Crippen LogP contribution in [0.25, 0.3) is 0 Å². The van der Waals surface area contributed by atoms with Crippen molar-refractivity contribution in [2.24, 2.45) is 0 Å². The Hall–Kier alpha value is -3.40. The Bertz CT molecular complexity index is 908. The quantitative estimate of drug-likeness (QED) is 0.682. The van der Waals surface area contributed by atoms with Gasteiger partial charge in [0.25, 0.3) is 5.91 Å². The monoisotopic (exact) mass is 358 g/mol. The van der Waals surface area contributed by atoms with E-state index in [4.69, 9.17) is 0 Å². The Morgan fingerprint density at radius 3 is 2.19 bits per heavy atom. The van der Waals surface area contributed by atoms with E-state index in [1.807, 2.05) is 85.8 Å². The van der Waals surface area contributed by atoms with Crippen LogP contribution in [0.15, 0.2) is 84.9 Å². The summed E-state index contributed by atoms with van der Waals surface area (Å²) in [7, 11) is 0. The van der Waals surface area contributed by atoms with E-state index in [-0.39, 0.29) is 11.8 Å². The Balaban J connectivity index is 1.79. The van der Waals surface area contributed by atoms with E-state index in [1.54, 1.807) is 11.0 Å². The van der Waals surface area contributed by atoms with Crippen LogP contribution in [-0.2, 0) is 11.3 Å². The third-order valence-electron chi connectivity index (χ3n) is 4.23. The van der Waals surface area contributed by atoms with Crippen LogP contribution in [0.2, 0.25) is 0 Å². The molecule has 0 bridgehead atoms. The highest BCUT2D eigenvalue weighted by molar-refractivity contribution is 6.04. The van der Waals surface area contributed by atoms with Gasteiger partial charge in [-0.2, -0.15) is 0 Å². The predicted octanol–water partition coefficient (Wildman–Crippen LogP) is 4.88. The molecule has 0 aromatic heterocycles. The van der Waals surface area contributed by atoms with Gasteiger partial charge in [0.1, 0.15) is 0 Å². The van der Waals surface area contributed by atoms with E-state index < -0.39 is 0 Å². The molecular formula is C23H22N2O2. The molecule has 0 saturated carbocycles. The molecule has 0 heterocycles. The molecule has 3 rings (SSSR count). The van der Waals surface area contributed by atoms with Crippen molar-refractivity contribution in [1.82, 2.24) is 0 Å². The van der Waals surface area contributed by atoms with Crippen molar-refractivity contribution in [2.45, 2.75) is 19.9 Å². The van der Waals surface area contributed by atoms with Gasteiger partial charge in [0, 0.05) is 23.4 Å². The van der Waals surface area contributed by atoms with Gasteiger partial charge in [-0.05, 0) is 42.0 Å². The van der Waals surface area contributed by atoms with Crippen LogP contribution in [0.3, 0.4) is 0 Å². The molecule has 0 atom stereocenters. The van der Waals surface area contributed by atoms with Gasteiger partial charge >= 0.3 is 0 Å². The van der Waals surface area contributed by atoms with Crippen LogP contribution in [0.1, 0.15) is 29.3 Å². The van der Waals surface area contributed by atoms with Crippen molar-refractivity contribution in [3.63, 3.8) is 0 Å². The number of para-hydroxylation sites is 2. The standard InChI is InChI=1S/C23H22N2O2/c1-2-22(26)25(21-14-7-4-8-15-21)17-18-10-9-11-19(16-18)23(27)24-20-12-5-3-6-13-20/h3-16H,2,17H2,1H3,(H,24,27). The third-order valence-corrected chi connectivity index (χ3v) is 4.23. The maximum absolute atomic E-state index is 12.5. The summed E-state index contributed by atoms with van der Waals surface area (Å²) in [4.78, 5) is 26.7. The van der Waals surface area contributed by atoms with Gasteiger partial charge in [0.2, 0.25) is 5.91 Å². The molecule has 0 aliphatic heterocycles. The highest BCUT2D eigenvalue weighted by Gasteiger charge is 2.15. The number of carbonyl (C=O) groups excluding carboxylic acids is 2. The molecule has 27 heavy (non-hydrogen) atoms. The number of hydrogen-bond acceptors (Lipinski definition) is 2. The topological polar surface area (TPSA) is 49.4 Å². The number of rotatable bonds is 6. The molecule has 0 spiro atoms. The first-order valence-corrected chi connectivity index (χ1v) is 8.98. The average Bonchev–Trinajstić information content (AvgIpc) is 2.73. The number of nitrogens with one attached hydrogen (secondary N) is 1. The van der Waals surface area contributed by atoms with Crippen LogP contribution in [0.4, 0.5) is 11.4 Å². The van der Waals surface area contributed by atoms with E-state index >= 15 is 0 Å². The first kappa shape index (κ1) is 18.4. The Morgan fingerprint density at radius 2 is 1.52 bits per heavy atom. The fourth-order valence-electron chi connectivity index (χ4n) is 2.84. The molecule has 4 heteroatoms. The lowest BCUT2D eigenvalue weighted by atomic mass is 10.1. The van der Waals surface area contributed by atoms with Gasteiger partial charge in [-0.3, -0.25) is 9.59 Å². The summed E-state index contributed by atoms with van der Waals surface area (Å²) in [6.07, 6.45) is 0.420. The van der Waals surface area contributed by atoms with Gasteiger partial charge in [-0.1, -0.05) is 55.5 Å². The first-order valence-electron chi connectivity index (χ1n) is 8.98. The second kappa shape index (κ2) is 8.81. The Labute approximate surface area is 159 Å². The first-order chi connectivity index (χ1) is 13.2. The lowest BCUT2D eigenvalue weighted by Gasteiger charge is -2.22. The SMILES string of the molecule is CCC(=O)N(Cc1cccc(C(=O)Nc2ccccc2)c1)c1ccccc1. The van der Waals surface area contributed by atoms with Crippen molar-refractivity contribution < 1.29 is 9.59 Å².